The van der Waals surface area contributed by atoms with Crippen molar-refractivity contribution >= 4 is 23.3 Å². The fourth-order valence-corrected chi connectivity index (χ4v) is 3.29. The second kappa shape index (κ2) is 5.56. The summed E-state index contributed by atoms with van der Waals surface area (Å²) in [5.74, 6) is 0.609. The summed E-state index contributed by atoms with van der Waals surface area (Å²) < 4.78 is 0. The van der Waals surface area contributed by atoms with E-state index in [0.29, 0.717) is 22.7 Å². The van der Waals surface area contributed by atoms with Gasteiger partial charge in [-0.2, -0.15) is 11.8 Å². The van der Waals surface area contributed by atoms with E-state index in [2.05, 4.69) is 16.6 Å². The Labute approximate surface area is 111 Å². The molecule has 2 rings (SSSR count). The van der Waals surface area contributed by atoms with Gasteiger partial charge in [0.2, 0.25) is 0 Å². The Morgan fingerprint density at radius 3 is 3.00 bits per heavy atom. The van der Waals surface area contributed by atoms with Crippen LogP contribution in [0.4, 0.5) is 11.5 Å². The Bertz CT molecular complexity index is 453. The van der Waals surface area contributed by atoms with Crippen molar-refractivity contribution in [1.82, 2.24) is 4.98 Å². The standard InChI is InChI=1S/C12H17N3O2S/c1-8-7-13-12(6-10(8)15(16)17)14-9-4-3-5-11(9)18-2/h6-7,9,11H,3-5H2,1-2H3,(H,13,14). The molecule has 0 radical (unpaired) electrons. The predicted octanol–water partition coefficient (Wildman–Crippen LogP) is 2.99. The Kier molecular flexibility index (Phi) is 4.06. The van der Waals surface area contributed by atoms with E-state index in [1.54, 1.807) is 13.1 Å². The van der Waals surface area contributed by atoms with Crippen LogP contribution >= 0.6 is 11.8 Å². The molecule has 98 valence electrons. The van der Waals surface area contributed by atoms with Crippen LogP contribution in [0.25, 0.3) is 0 Å². The third-order valence-electron chi connectivity index (χ3n) is 3.36. The Balaban J connectivity index is 2.14. The molecular formula is C12H17N3O2S. The van der Waals surface area contributed by atoms with Crippen LogP contribution in [0, 0.1) is 17.0 Å². The summed E-state index contributed by atoms with van der Waals surface area (Å²) in [4.78, 5) is 14.7. The van der Waals surface area contributed by atoms with Crippen LogP contribution in [0.5, 0.6) is 0 Å². The van der Waals surface area contributed by atoms with Crippen molar-refractivity contribution in [3.05, 3.63) is 27.9 Å². The fourth-order valence-electron chi connectivity index (χ4n) is 2.35. The first kappa shape index (κ1) is 13.1. The van der Waals surface area contributed by atoms with Gasteiger partial charge < -0.3 is 5.32 Å². The number of anilines is 1. The van der Waals surface area contributed by atoms with Gasteiger partial charge in [0.05, 0.1) is 11.0 Å². The number of pyridine rings is 1. The molecule has 1 saturated carbocycles. The van der Waals surface area contributed by atoms with Crippen molar-refractivity contribution < 1.29 is 4.92 Å². The van der Waals surface area contributed by atoms with E-state index >= 15 is 0 Å². The highest BCUT2D eigenvalue weighted by molar-refractivity contribution is 7.99. The van der Waals surface area contributed by atoms with E-state index in [1.165, 1.54) is 18.9 Å². The average Bonchev–Trinajstić information content (AvgIpc) is 2.78. The molecule has 5 nitrogen and oxygen atoms in total. The molecule has 0 bridgehead atoms. The summed E-state index contributed by atoms with van der Waals surface area (Å²) >= 11 is 1.85. The first-order chi connectivity index (χ1) is 8.61. The predicted molar refractivity (Wildman–Crippen MR) is 74.2 cm³/mol. The van der Waals surface area contributed by atoms with Gasteiger partial charge in [0.1, 0.15) is 5.82 Å². The molecule has 0 amide bonds. The Hall–Kier alpha value is -1.30. The maximum atomic E-state index is 10.9. The average molecular weight is 267 g/mol. The summed E-state index contributed by atoms with van der Waals surface area (Å²) in [6.07, 6.45) is 7.18. The lowest BCUT2D eigenvalue weighted by molar-refractivity contribution is -0.385. The van der Waals surface area contributed by atoms with Crippen molar-refractivity contribution in [2.45, 2.75) is 37.5 Å². The molecule has 0 aromatic carbocycles. The number of nitro groups is 1. The summed E-state index contributed by atoms with van der Waals surface area (Å²) in [6.45, 7) is 1.70. The van der Waals surface area contributed by atoms with Gasteiger partial charge in [-0.25, -0.2) is 4.98 Å². The van der Waals surface area contributed by atoms with Crippen LogP contribution < -0.4 is 5.32 Å². The molecule has 1 aliphatic carbocycles. The van der Waals surface area contributed by atoms with Gasteiger partial charge in [0, 0.05) is 23.1 Å². The number of hydrogen-bond acceptors (Lipinski definition) is 5. The summed E-state index contributed by atoms with van der Waals surface area (Å²) in [6, 6.07) is 1.90. The van der Waals surface area contributed by atoms with Crippen molar-refractivity contribution in [2.75, 3.05) is 11.6 Å². The van der Waals surface area contributed by atoms with Crippen molar-refractivity contribution in [2.24, 2.45) is 0 Å². The molecule has 2 atom stereocenters. The number of nitrogens with zero attached hydrogens (tertiary/aromatic N) is 2. The highest BCUT2D eigenvalue weighted by atomic mass is 32.2. The van der Waals surface area contributed by atoms with Gasteiger partial charge in [-0.05, 0) is 26.0 Å². The van der Waals surface area contributed by atoms with Gasteiger partial charge in [-0.3, -0.25) is 10.1 Å². The molecular weight excluding hydrogens is 250 g/mol. The first-order valence-electron chi connectivity index (χ1n) is 6.02. The van der Waals surface area contributed by atoms with Gasteiger partial charge in [0.25, 0.3) is 5.69 Å². The van der Waals surface area contributed by atoms with Crippen LogP contribution in [0.2, 0.25) is 0 Å². The van der Waals surface area contributed by atoms with Gasteiger partial charge in [-0.15, -0.1) is 0 Å². The molecule has 0 saturated heterocycles. The summed E-state index contributed by atoms with van der Waals surface area (Å²) in [5, 5.41) is 14.8. The zero-order chi connectivity index (χ0) is 13.1. The van der Waals surface area contributed by atoms with E-state index in [4.69, 9.17) is 0 Å². The zero-order valence-corrected chi connectivity index (χ0v) is 11.4. The molecule has 1 fully saturated rings. The maximum absolute atomic E-state index is 10.9. The lowest BCUT2D eigenvalue weighted by Crippen LogP contribution is -2.26. The molecule has 2 unspecified atom stereocenters. The van der Waals surface area contributed by atoms with E-state index < -0.39 is 0 Å². The highest BCUT2D eigenvalue weighted by Crippen LogP contribution is 2.31. The second-order valence-electron chi connectivity index (χ2n) is 4.57. The molecule has 18 heavy (non-hydrogen) atoms. The monoisotopic (exact) mass is 267 g/mol. The number of nitrogens with one attached hydrogen (secondary N) is 1. The van der Waals surface area contributed by atoms with Crippen molar-refractivity contribution in [3.8, 4) is 0 Å². The third-order valence-corrected chi connectivity index (χ3v) is 4.53. The SMILES string of the molecule is CSC1CCCC1Nc1cc([N+](=O)[O-])c(C)cn1. The normalized spacial score (nSPS) is 23.0. The molecule has 6 heteroatoms. The van der Waals surface area contributed by atoms with E-state index in [9.17, 15) is 10.1 Å². The molecule has 0 aliphatic heterocycles. The number of thioether (sulfide) groups is 1. The van der Waals surface area contributed by atoms with Crippen LogP contribution in [-0.2, 0) is 0 Å². The minimum atomic E-state index is -0.358. The lowest BCUT2D eigenvalue weighted by atomic mass is 10.2. The van der Waals surface area contributed by atoms with Crippen molar-refractivity contribution in [3.63, 3.8) is 0 Å². The zero-order valence-electron chi connectivity index (χ0n) is 10.5. The number of aromatic nitrogens is 1. The summed E-state index contributed by atoms with van der Waals surface area (Å²) in [7, 11) is 0. The second-order valence-corrected chi connectivity index (χ2v) is 5.65. The highest BCUT2D eigenvalue weighted by Gasteiger charge is 2.27. The van der Waals surface area contributed by atoms with Gasteiger partial charge >= 0.3 is 0 Å². The molecule has 1 N–H and O–H groups in total. The molecule has 1 aliphatic rings. The molecule has 1 aromatic rings. The number of hydrogen-bond donors (Lipinski definition) is 1. The Morgan fingerprint density at radius 1 is 1.56 bits per heavy atom. The topological polar surface area (TPSA) is 68.1 Å². The molecule has 1 heterocycles. The quantitative estimate of drug-likeness (QED) is 0.671. The van der Waals surface area contributed by atoms with Crippen LogP contribution in [0.3, 0.4) is 0 Å². The minimum absolute atomic E-state index is 0.131. The van der Waals surface area contributed by atoms with E-state index in [0.717, 1.165) is 6.42 Å². The maximum Gasteiger partial charge on any atom is 0.277 e. The number of rotatable bonds is 4. The van der Waals surface area contributed by atoms with Crippen LogP contribution in [0.15, 0.2) is 12.3 Å². The van der Waals surface area contributed by atoms with Gasteiger partial charge in [0.15, 0.2) is 0 Å². The largest absolute Gasteiger partial charge is 0.366 e. The van der Waals surface area contributed by atoms with Crippen molar-refractivity contribution in [1.29, 1.82) is 0 Å². The molecule has 1 aromatic heterocycles. The van der Waals surface area contributed by atoms with Crippen LogP contribution in [-0.4, -0.2) is 27.5 Å². The minimum Gasteiger partial charge on any atom is -0.366 e. The van der Waals surface area contributed by atoms with Gasteiger partial charge in [-0.1, -0.05) is 6.42 Å². The first-order valence-corrected chi connectivity index (χ1v) is 7.31. The smallest absolute Gasteiger partial charge is 0.277 e. The van der Waals surface area contributed by atoms with E-state index in [1.807, 2.05) is 11.8 Å². The third kappa shape index (κ3) is 2.75. The Morgan fingerprint density at radius 2 is 2.33 bits per heavy atom. The molecule has 0 spiro atoms. The fraction of sp³-hybridized carbons (Fsp3) is 0.583. The lowest BCUT2D eigenvalue weighted by Gasteiger charge is -2.19. The van der Waals surface area contributed by atoms with E-state index in [-0.39, 0.29) is 10.6 Å². The number of aryl methyl sites for hydroxylation is 1. The summed E-state index contributed by atoms with van der Waals surface area (Å²) in [5.41, 5.74) is 0.726. The van der Waals surface area contributed by atoms with Crippen LogP contribution in [0.1, 0.15) is 24.8 Å².